The minimum Gasteiger partial charge on any atom is -0.510 e. The van der Waals surface area contributed by atoms with Crippen molar-refractivity contribution in [1.29, 1.82) is 0 Å². The SMILES string of the molecule is C=C1c2ccc(NC(=O)CN(C)C)c(O)c2C(=O)C2=C(O)[C@@]3(O)C(=O)C(C(N)=O)=C(O)[C@H](N(C)C)[C@H]3[C@H](OC(=O)CC)[C@@H]12. The normalized spacial score (nSPS) is 26.7. The molecule has 14 heteroatoms. The summed E-state index contributed by atoms with van der Waals surface area (Å²) in [5.74, 6) is -10.9. The van der Waals surface area contributed by atoms with Gasteiger partial charge in [0, 0.05) is 6.42 Å². The van der Waals surface area contributed by atoms with Crippen molar-refractivity contribution in [1.82, 2.24) is 9.80 Å². The van der Waals surface area contributed by atoms with Crippen molar-refractivity contribution >= 4 is 40.6 Å². The predicted octanol–water partition coefficient (Wildman–Crippen LogP) is 0.0231. The third-order valence-electron chi connectivity index (χ3n) is 8.01. The van der Waals surface area contributed by atoms with E-state index in [9.17, 15) is 44.4 Å². The van der Waals surface area contributed by atoms with Crippen LogP contribution in [0.15, 0.2) is 41.4 Å². The second-order valence-corrected chi connectivity index (χ2v) is 11.2. The number of nitrogens with zero attached hydrogens (tertiary/aromatic N) is 2. The topological polar surface area (TPSA) is 220 Å². The van der Waals surface area contributed by atoms with Crippen LogP contribution in [-0.2, 0) is 23.9 Å². The number of hydrogen-bond donors (Lipinski definition) is 6. The quantitative estimate of drug-likeness (QED) is 0.139. The number of Topliss-reactive ketones (excluding diaryl/α,β-unsaturated/α-hetero) is 2. The molecule has 5 atom stereocenters. The van der Waals surface area contributed by atoms with Crippen LogP contribution in [-0.4, -0.2) is 112 Å². The van der Waals surface area contributed by atoms with Gasteiger partial charge >= 0.3 is 5.97 Å². The number of ether oxygens (including phenoxy) is 1. The van der Waals surface area contributed by atoms with Gasteiger partial charge in [0.25, 0.3) is 5.91 Å². The number of likely N-dealkylation sites (N-methyl/N-ethyl adjacent to an activating group) is 2. The van der Waals surface area contributed by atoms with Gasteiger partial charge in [-0.2, -0.15) is 0 Å². The zero-order valence-electron chi connectivity index (χ0n) is 24.3. The number of nitrogens with one attached hydrogen (secondary N) is 1. The van der Waals surface area contributed by atoms with E-state index in [1.807, 2.05) is 0 Å². The molecule has 0 spiro atoms. The molecule has 0 aromatic heterocycles. The molecule has 0 bridgehead atoms. The second-order valence-electron chi connectivity index (χ2n) is 11.2. The summed E-state index contributed by atoms with van der Waals surface area (Å²) in [7, 11) is 6.21. The molecular formula is C29H34N4O10. The molecule has 0 saturated heterocycles. The van der Waals surface area contributed by atoms with Crippen LogP contribution in [0.25, 0.3) is 5.57 Å². The molecular weight excluding hydrogens is 564 g/mol. The van der Waals surface area contributed by atoms with Gasteiger partial charge in [-0.1, -0.05) is 19.6 Å². The second kappa shape index (κ2) is 10.9. The lowest BCUT2D eigenvalue weighted by atomic mass is 9.56. The molecule has 1 aromatic carbocycles. The van der Waals surface area contributed by atoms with Crippen LogP contribution >= 0.6 is 0 Å². The number of anilines is 1. The summed E-state index contributed by atoms with van der Waals surface area (Å²) in [5, 5.41) is 48.3. The van der Waals surface area contributed by atoms with E-state index in [4.69, 9.17) is 10.5 Å². The maximum Gasteiger partial charge on any atom is 0.305 e. The van der Waals surface area contributed by atoms with Crippen LogP contribution in [0.4, 0.5) is 5.69 Å². The Hall–Kier alpha value is -4.53. The van der Waals surface area contributed by atoms with Gasteiger partial charge in [0.2, 0.25) is 11.7 Å². The monoisotopic (exact) mass is 598 g/mol. The fraction of sp³-hybridized carbons (Fsp3) is 0.414. The van der Waals surface area contributed by atoms with Gasteiger partial charge in [-0.15, -0.1) is 0 Å². The number of carbonyl (C=O) groups is 5. The van der Waals surface area contributed by atoms with Gasteiger partial charge in [-0.25, -0.2) is 0 Å². The summed E-state index contributed by atoms with van der Waals surface area (Å²) in [6.45, 7) is 5.50. The molecule has 2 amide bonds. The Labute approximate surface area is 246 Å². The highest BCUT2D eigenvalue weighted by Crippen LogP contribution is 2.56. The molecule has 0 radical (unpaired) electrons. The Morgan fingerprint density at radius 3 is 2.28 bits per heavy atom. The highest BCUT2D eigenvalue weighted by Gasteiger charge is 2.68. The zero-order valence-corrected chi connectivity index (χ0v) is 24.3. The molecule has 0 heterocycles. The van der Waals surface area contributed by atoms with E-state index < -0.39 is 92.9 Å². The molecule has 0 unspecified atom stereocenters. The minimum absolute atomic E-state index is 0.0399. The van der Waals surface area contributed by atoms with Gasteiger partial charge in [0.1, 0.15) is 23.2 Å². The first-order valence-corrected chi connectivity index (χ1v) is 13.3. The molecule has 0 saturated carbocycles. The average Bonchev–Trinajstić information content (AvgIpc) is 2.90. The van der Waals surface area contributed by atoms with E-state index in [1.54, 1.807) is 19.0 Å². The van der Waals surface area contributed by atoms with Crippen LogP contribution in [0.2, 0.25) is 0 Å². The largest absolute Gasteiger partial charge is 0.510 e. The Morgan fingerprint density at radius 2 is 1.74 bits per heavy atom. The summed E-state index contributed by atoms with van der Waals surface area (Å²) in [5.41, 5.74) is 0.338. The lowest BCUT2D eigenvalue weighted by Crippen LogP contribution is -2.68. The molecule has 3 aliphatic carbocycles. The number of aliphatic hydroxyl groups excluding tert-OH is 2. The van der Waals surface area contributed by atoms with Crippen LogP contribution < -0.4 is 11.1 Å². The smallest absolute Gasteiger partial charge is 0.305 e. The molecule has 1 aromatic rings. The zero-order chi connectivity index (χ0) is 32.3. The number of phenolic OH excluding ortho intramolecular Hbond substituents is 1. The van der Waals surface area contributed by atoms with Gasteiger partial charge in [0.15, 0.2) is 17.1 Å². The van der Waals surface area contributed by atoms with E-state index in [-0.39, 0.29) is 29.8 Å². The number of hydrogen-bond acceptors (Lipinski definition) is 12. The molecule has 4 rings (SSSR count). The first-order chi connectivity index (χ1) is 20.0. The van der Waals surface area contributed by atoms with Crippen molar-refractivity contribution in [2.24, 2.45) is 17.6 Å². The van der Waals surface area contributed by atoms with E-state index in [2.05, 4.69) is 11.9 Å². The van der Waals surface area contributed by atoms with Crippen molar-refractivity contribution in [2.45, 2.75) is 31.1 Å². The van der Waals surface area contributed by atoms with E-state index in [0.717, 1.165) is 0 Å². The summed E-state index contributed by atoms with van der Waals surface area (Å²) >= 11 is 0. The number of primary amides is 1. The van der Waals surface area contributed by atoms with Crippen LogP contribution in [0, 0.1) is 11.8 Å². The van der Waals surface area contributed by atoms with Gasteiger partial charge in [-0.05, 0) is 45.4 Å². The van der Waals surface area contributed by atoms with Crippen LogP contribution in [0.5, 0.6) is 5.75 Å². The first kappa shape index (κ1) is 31.4. The van der Waals surface area contributed by atoms with Crippen LogP contribution in [0.3, 0.4) is 0 Å². The van der Waals surface area contributed by atoms with Gasteiger partial charge < -0.3 is 41.1 Å². The highest BCUT2D eigenvalue weighted by atomic mass is 16.5. The van der Waals surface area contributed by atoms with Crippen molar-refractivity contribution < 1.29 is 49.1 Å². The number of esters is 1. The summed E-state index contributed by atoms with van der Waals surface area (Å²) < 4.78 is 5.73. The average molecular weight is 599 g/mol. The molecule has 0 aliphatic heterocycles. The fourth-order valence-corrected chi connectivity index (χ4v) is 6.18. The summed E-state index contributed by atoms with van der Waals surface area (Å²) in [6, 6.07) is 1.35. The lowest BCUT2D eigenvalue weighted by molar-refractivity contribution is -0.177. The third-order valence-corrected chi connectivity index (χ3v) is 8.01. The summed E-state index contributed by atoms with van der Waals surface area (Å²) in [6.07, 6.45) is -1.73. The molecule has 3 aliphatic rings. The number of ketones is 2. The Morgan fingerprint density at radius 1 is 1.12 bits per heavy atom. The number of aliphatic hydroxyl groups is 3. The molecule has 230 valence electrons. The number of fused-ring (bicyclic) bond motifs is 3. The molecule has 14 nitrogen and oxygen atoms in total. The first-order valence-electron chi connectivity index (χ1n) is 13.3. The Kier molecular flexibility index (Phi) is 8.00. The predicted molar refractivity (Wildman–Crippen MR) is 152 cm³/mol. The molecule has 43 heavy (non-hydrogen) atoms. The van der Waals surface area contributed by atoms with E-state index in [0.29, 0.717) is 0 Å². The minimum atomic E-state index is -3.07. The standard InChI is InChI=1S/C29H34N4O10/c1-7-15(35)43-25-16-11(2)12-8-9-13(31-14(34)10-32(3)4)22(36)17(12)23(37)18(16)26(39)29(42)20(25)21(33(5)6)24(38)19(27(29)40)28(30)41/h8-9,16,20-21,25,36,38-39,42H,2,7,10H2,1,3-6H3,(H2,30,41)(H,31,34)/t16-,20-,21+,25+,29+/m0/s1. The van der Waals surface area contributed by atoms with Crippen molar-refractivity contribution in [3.63, 3.8) is 0 Å². The van der Waals surface area contributed by atoms with E-state index in [1.165, 1.54) is 38.1 Å². The lowest BCUT2D eigenvalue weighted by Gasteiger charge is -2.53. The fourth-order valence-electron chi connectivity index (χ4n) is 6.18. The summed E-state index contributed by atoms with van der Waals surface area (Å²) in [4.78, 5) is 68.1. The van der Waals surface area contributed by atoms with Gasteiger partial charge in [-0.3, -0.25) is 28.9 Å². The maximum atomic E-state index is 14.1. The number of aromatic hydroxyl groups is 1. The van der Waals surface area contributed by atoms with Crippen molar-refractivity contribution in [2.75, 3.05) is 40.1 Å². The Balaban J connectivity index is 2.02. The Bertz CT molecular complexity index is 1540. The number of rotatable bonds is 7. The number of nitrogens with two attached hydrogens (primary N) is 1. The third kappa shape index (κ3) is 4.67. The molecule has 0 fully saturated rings. The van der Waals surface area contributed by atoms with Crippen LogP contribution in [0.1, 0.15) is 29.3 Å². The number of phenols is 1. The van der Waals surface area contributed by atoms with Crippen molar-refractivity contribution in [3.8, 4) is 5.75 Å². The number of benzene rings is 1. The van der Waals surface area contributed by atoms with Gasteiger partial charge in [0.05, 0.1) is 41.2 Å². The maximum absolute atomic E-state index is 14.1. The highest BCUT2D eigenvalue weighted by molar-refractivity contribution is 6.25. The molecule has 7 N–H and O–H groups in total. The van der Waals surface area contributed by atoms with Crippen molar-refractivity contribution in [3.05, 3.63) is 52.5 Å². The number of amides is 2. The number of carbonyl (C=O) groups excluding carboxylic acids is 5. The van der Waals surface area contributed by atoms with E-state index >= 15 is 0 Å².